The molecule has 0 spiro atoms. The van der Waals surface area contributed by atoms with Gasteiger partial charge in [-0.1, -0.05) is 6.92 Å². The molecule has 0 aromatic rings. The standard InChI is InChI=1S/C8H18N2O2/c1-4-7(6-12-3)10-8(11)9-5-2/h7H,4-6H2,1-3H3,(H2,9,10,11). The third-order valence-corrected chi connectivity index (χ3v) is 1.53. The van der Waals surface area contributed by atoms with Crippen LogP contribution in [0.1, 0.15) is 20.3 Å². The highest BCUT2D eigenvalue weighted by Crippen LogP contribution is 1.90. The maximum absolute atomic E-state index is 11.0. The first kappa shape index (κ1) is 11.2. The van der Waals surface area contributed by atoms with Crippen LogP contribution in [0.5, 0.6) is 0 Å². The van der Waals surface area contributed by atoms with Gasteiger partial charge in [0, 0.05) is 13.7 Å². The molecule has 0 aliphatic carbocycles. The molecule has 0 fully saturated rings. The van der Waals surface area contributed by atoms with E-state index in [1.165, 1.54) is 0 Å². The summed E-state index contributed by atoms with van der Waals surface area (Å²) in [7, 11) is 1.63. The second-order valence-electron chi connectivity index (χ2n) is 2.56. The number of carbonyl (C=O) groups excluding carboxylic acids is 1. The first-order valence-electron chi connectivity index (χ1n) is 4.27. The van der Waals surface area contributed by atoms with Crippen molar-refractivity contribution < 1.29 is 9.53 Å². The molecule has 12 heavy (non-hydrogen) atoms. The van der Waals surface area contributed by atoms with Crippen LogP contribution in [-0.2, 0) is 4.74 Å². The first-order chi connectivity index (χ1) is 5.74. The van der Waals surface area contributed by atoms with E-state index in [2.05, 4.69) is 10.6 Å². The first-order valence-corrected chi connectivity index (χ1v) is 4.27. The summed E-state index contributed by atoms with van der Waals surface area (Å²) in [5, 5.41) is 5.46. The van der Waals surface area contributed by atoms with Gasteiger partial charge in [-0.25, -0.2) is 4.79 Å². The van der Waals surface area contributed by atoms with Gasteiger partial charge in [0.15, 0.2) is 0 Å². The molecular weight excluding hydrogens is 156 g/mol. The average molecular weight is 174 g/mol. The van der Waals surface area contributed by atoms with Crippen LogP contribution in [0.25, 0.3) is 0 Å². The summed E-state index contributed by atoms with van der Waals surface area (Å²) in [6.07, 6.45) is 0.880. The molecule has 0 heterocycles. The summed E-state index contributed by atoms with van der Waals surface area (Å²) < 4.78 is 4.93. The fourth-order valence-electron chi connectivity index (χ4n) is 0.860. The van der Waals surface area contributed by atoms with Crippen LogP contribution >= 0.6 is 0 Å². The van der Waals surface area contributed by atoms with E-state index in [1.54, 1.807) is 7.11 Å². The minimum Gasteiger partial charge on any atom is -0.383 e. The Morgan fingerprint density at radius 3 is 2.58 bits per heavy atom. The van der Waals surface area contributed by atoms with Gasteiger partial charge in [-0.2, -0.15) is 0 Å². The SMILES string of the molecule is CCNC(=O)NC(CC)COC. The van der Waals surface area contributed by atoms with Crippen molar-refractivity contribution in [1.29, 1.82) is 0 Å². The topological polar surface area (TPSA) is 50.4 Å². The molecule has 2 N–H and O–H groups in total. The van der Waals surface area contributed by atoms with Crippen molar-refractivity contribution in [2.45, 2.75) is 26.3 Å². The van der Waals surface area contributed by atoms with Gasteiger partial charge in [0.25, 0.3) is 0 Å². The van der Waals surface area contributed by atoms with E-state index in [9.17, 15) is 4.79 Å². The molecule has 0 aromatic carbocycles. The third kappa shape index (κ3) is 4.96. The van der Waals surface area contributed by atoms with E-state index in [1.807, 2.05) is 13.8 Å². The highest BCUT2D eigenvalue weighted by Gasteiger charge is 2.07. The Bertz CT molecular complexity index is 128. The van der Waals surface area contributed by atoms with Crippen LogP contribution in [0.3, 0.4) is 0 Å². The van der Waals surface area contributed by atoms with Gasteiger partial charge in [-0.15, -0.1) is 0 Å². The average Bonchev–Trinajstić information content (AvgIpc) is 2.04. The molecule has 0 rings (SSSR count). The van der Waals surface area contributed by atoms with Gasteiger partial charge < -0.3 is 15.4 Å². The quantitative estimate of drug-likeness (QED) is 0.645. The summed E-state index contributed by atoms with van der Waals surface area (Å²) in [5.41, 5.74) is 0. The minimum atomic E-state index is -0.124. The van der Waals surface area contributed by atoms with Crippen molar-refractivity contribution in [1.82, 2.24) is 10.6 Å². The molecule has 1 unspecified atom stereocenters. The van der Waals surface area contributed by atoms with Gasteiger partial charge in [-0.3, -0.25) is 0 Å². The van der Waals surface area contributed by atoms with Crippen LogP contribution < -0.4 is 10.6 Å². The number of methoxy groups -OCH3 is 1. The molecule has 1 atom stereocenters. The van der Waals surface area contributed by atoms with E-state index in [4.69, 9.17) is 4.74 Å². The van der Waals surface area contributed by atoms with Crippen molar-refractivity contribution in [2.75, 3.05) is 20.3 Å². The van der Waals surface area contributed by atoms with E-state index >= 15 is 0 Å². The molecule has 0 aromatic heterocycles. The zero-order valence-corrected chi connectivity index (χ0v) is 8.02. The van der Waals surface area contributed by atoms with E-state index in [-0.39, 0.29) is 12.1 Å². The van der Waals surface area contributed by atoms with Crippen LogP contribution in [-0.4, -0.2) is 32.3 Å². The number of rotatable bonds is 5. The smallest absolute Gasteiger partial charge is 0.315 e. The van der Waals surface area contributed by atoms with Crippen molar-refractivity contribution in [2.24, 2.45) is 0 Å². The van der Waals surface area contributed by atoms with Gasteiger partial charge in [0.05, 0.1) is 12.6 Å². The summed E-state index contributed by atoms with van der Waals surface area (Å²) >= 11 is 0. The number of carbonyl (C=O) groups is 1. The Labute approximate surface area is 73.7 Å². The third-order valence-electron chi connectivity index (χ3n) is 1.53. The summed E-state index contributed by atoms with van der Waals surface area (Å²) in [6, 6.07) is -0.0112. The van der Waals surface area contributed by atoms with Crippen LogP contribution in [0, 0.1) is 0 Å². The van der Waals surface area contributed by atoms with Gasteiger partial charge in [0.1, 0.15) is 0 Å². The Kier molecular flexibility index (Phi) is 6.47. The number of amides is 2. The van der Waals surface area contributed by atoms with E-state index in [0.717, 1.165) is 6.42 Å². The Morgan fingerprint density at radius 2 is 2.17 bits per heavy atom. The molecule has 0 aliphatic heterocycles. The molecule has 0 saturated carbocycles. The lowest BCUT2D eigenvalue weighted by molar-refractivity contribution is 0.164. The maximum atomic E-state index is 11.0. The van der Waals surface area contributed by atoms with Crippen LogP contribution in [0.15, 0.2) is 0 Å². The zero-order chi connectivity index (χ0) is 9.40. The number of hydrogen-bond donors (Lipinski definition) is 2. The highest BCUT2D eigenvalue weighted by molar-refractivity contribution is 5.74. The molecule has 4 heteroatoms. The summed E-state index contributed by atoms with van der Waals surface area (Å²) in [5.74, 6) is 0. The van der Waals surface area contributed by atoms with Gasteiger partial charge >= 0.3 is 6.03 Å². The van der Waals surface area contributed by atoms with Crippen molar-refractivity contribution in [3.63, 3.8) is 0 Å². The highest BCUT2D eigenvalue weighted by atomic mass is 16.5. The second-order valence-corrected chi connectivity index (χ2v) is 2.56. The molecule has 4 nitrogen and oxygen atoms in total. The van der Waals surface area contributed by atoms with E-state index in [0.29, 0.717) is 13.2 Å². The van der Waals surface area contributed by atoms with E-state index < -0.39 is 0 Å². The molecule has 0 bridgehead atoms. The normalized spacial score (nSPS) is 12.2. The van der Waals surface area contributed by atoms with Crippen molar-refractivity contribution in [3.05, 3.63) is 0 Å². The Balaban J connectivity index is 3.61. The lowest BCUT2D eigenvalue weighted by Gasteiger charge is -2.15. The Hall–Kier alpha value is -0.770. The van der Waals surface area contributed by atoms with Crippen LogP contribution in [0.2, 0.25) is 0 Å². The molecular formula is C8H18N2O2. The predicted molar refractivity (Wildman–Crippen MR) is 48.2 cm³/mol. The van der Waals surface area contributed by atoms with Crippen LogP contribution in [0.4, 0.5) is 4.79 Å². The Morgan fingerprint density at radius 1 is 1.50 bits per heavy atom. The monoisotopic (exact) mass is 174 g/mol. The fraction of sp³-hybridized carbons (Fsp3) is 0.875. The van der Waals surface area contributed by atoms with Crippen molar-refractivity contribution in [3.8, 4) is 0 Å². The molecule has 72 valence electrons. The number of ether oxygens (including phenoxy) is 1. The lowest BCUT2D eigenvalue weighted by atomic mass is 10.2. The summed E-state index contributed by atoms with van der Waals surface area (Å²) in [4.78, 5) is 11.0. The number of nitrogens with one attached hydrogen (secondary N) is 2. The maximum Gasteiger partial charge on any atom is 0.315 e. The lowest BCUT2D eigenvalue weighted by Crippen LogP contribution is -2.43. The molecule has 0 radical (unpaired) electrons. The minimum absolute atomic E-state index is 0.113. The number of hydrogen-bond acceptors (Lipinski definition) is 2. The molecule has 2 amide bonds. The van der Waals surface area contributed by atoms with Gasteiger partial charge in [-0.05, 0) is 13.3 Å². The second kappa shape index (κ2) is 6.91. The number of urea groups is 1. The van der Waals surface area contributed by atoms with Gasteiger partial charge in [0.2, 0.25) is 0 Å². The predicted octanol–water partition coefficient (Wildman–Crippen LogP) is 0.730. The molecule has 0 saturated heterocycles. The summed E-state index contributed by atoms with van der Waals surface area (Å²) in [6.45, 7) is 5.11. The zero-order valence-electron chi connectivity index (χ0n) is 8.02. The fourth-order valence-corrected chi connectivity index (χ4v) is 0.860. The van der Waals surface area contributed by atoms with Crippen molar-refractivity contribution >= 4 is 6.03 Å². The molecule has 0 aliphatic rings. The largest absolute Gasteiger partial charge is 0.383 e.